The molecule has 114 valence electrons. The third-order valence-corrected chi connectivity index (χ3v) is 4.17. The van der Waals surface area contributed by atoms with Crippen LogP contribution in [-0.2, 0) is 0 Å². The highest BCUT2D eigenvalue weighted by atomic mass is 35.5. The lowest BCUT2D eigenvalue weighted by atomic mass is 10.2. The van der Waals surface area contributed by atoms with Gasteiger partial charge in [-0.15, -0.1) is 0 Å². The van der Waals surface area contributed by atoms with E-state index in [-0.39, 0.29) is 5.91 Å². The summed E-state index contributed by atoms with van der Waals surface area (Å²) in [7, 11) is 0. The van der Waals surface area contributed by atoms with Crippen LogP contribution in [0.15, 0.2) is 42.6 Å². The SMILES string of the molecule is O=C(NC1CCCC1)c1ccc(Nc2ccccc2Cl)cn1. The molecule has 1 fully saturated rings. The Morgan fingerprint density at radius 1 is 1.14 bits per heavy atom. The average molecular weight is 316 g/mol. The first-order chi connectivity index (χ1) is 10.7. The zero-order valence-corrected chi connectivity index (χ0v) is 12.9. The van der Waals surface area contributed by atoms with E-state index in [1.807, 2.05) is 30.3 Å². The van der Waals surface area contributed by atoms with Crippen molar-refractivity contribution in [1.29, 1.82) is 0 Å². The minimum Gasteiger partial charge on any atom is -0.353 e. The molecule has 0 radical (unpaired) electrons. The molecule has 2 aromatic rings. The van der Waals surface area contributed by atoms with Crippen molar-refractivity contribution in [3.05, 3.63) is 53.3 Å². The zero-order valence-electron chi connectivity index (χ0n) is 12.2. The van der Waals surface area contributed by atoms with Crippen LogP contribution in [0, 0.1) is 0 Å². The Hall–Kier alpha value is -2.07. The van der Waals surface area contributed by atoms with Gasteiger partial charge in [-0.05, 0) is 37.1 Å². The molecule has 1 heterocycles. The van der Waals surface area contributed by atoms with Gasteiger partial charge in [-0.1, -0.05) is 36.6 Å². The second-order valence-electron chi connectivity index (χ2n) is 5.49. The van der Waals surface area contributed by atoms with E-state index in [4.69, 9.17) is 11.6 Å². The average Bonchev–Trinajstić information content (AvgIpc) is 3.03. The van der Waals surface area contributed by atoms with Crippen LogP contribution < -0.4 is 10.6 Å². The molecule has 0 bridgehead atoms. The molecule has 0 aliphatic heterocycles. The molecule has 4 nitrogen and oxygen atoms in total. The number of hydrogen-bond donors (Lipinski definition) is 2. The van der Waals surface area contributed by atoms with Crippen LogP contribution in [0.1, 0.15) is 36.2 Å². The van der Waals surface area contributed by atoms with Crippen LogP contribution in [-0.4, -0.2) is 16.9 Å². The van der Waals surface area contributed by atoms with E-state index in [9.17, 15) is 4.79 Å². The minimum absolute atomic E-state index is 0.101. The number of carbonyl (C=O) groups excluding carboxylic acids is 1. The highest BCUT2D eigenvalue weighted by Gasteiger charge is 2.18. The predicted octanol–water partition coefficient (Wildman–Crippen LogP) is 4.15. The van der Waals surface area contributed by atoms with Gasteiger partial charge < -0.3 is 10.6 Å². The van der Waals surface area contributed by atoms with E-state index < -0.39 is 0 Å². The summed E-state index contributed by atoms with van der Waals surface area (Å²) in [4.78, 5) is 16.3. The first kappa shape index (κ1) is 14.9. The van der Waals surface area contributed by atoms with Crippen LogP contribution in [0.25, 0.3) is 0 Å². The first-order valence-electron chi connectivity index (χ1n) is 7.51. The van der Waals surface area contributed by atoms with E-state index >= 15 is 0 Å². The van der Waals surface area contributed by atoms with Crippen molar-refractivity contribution in [3.63, 3.8) is 0 Å². The molecule has 0 spiro atoms. The Morgan fingerprint density at radius 3 is 2.59 bits per heavy atom. The lowest BCUT2D eigenvalue weighted by Crippen LogP contribution is -2.33. The van der Waals surface area contributed by atoms with Gasteiger partial charge in [0.2, 0.25) is 0 Å². The smallest absolute Gasteiger partial charge is 0.270 e. The number of hydrogen-bond acceptors (Lipinski definition) is 3. The highest BCUT2D eigenvalue weighted by molar-refractivity contribution is 6.33. The molecule has 5 heteroatoms. The molecular formula is C17H18ClN3O. The molecular weight excluding hydrogens is 298 g/mol. The maximum Gasteiger partial charge on any atom is 0.270 e. The van der Waals surface area contributed by atoms with Crippen molar-refractivity contribution in [1.82, 2.24) is 10.3 Å². The standard InChI is InChI=1S/C17H18ClN3O/c18-14-7-3-4-8-15(14)20-13-9-10-16(19-11-13)17(22)21-12-5-1-2-6-12/h3-4,7-12,20H,1-2,5-6H2,(H,21,22). The second kappa shape index (κ2) is 6.79. The molecule has 1 aromatic heterocycles. The summed E-state index contributed by atoms with van der Waals surface area (Å²) in [5, 5.41) is 6.86. The third-order valence-electron chi connectivity index (χ3n) is 3.84. The number of pyridine rings is 1. The first-order valence-corrected chi connectivity index (χ1v) is 7.88. The number of anilines is 2. The Labute approximate surface area is 134 Å². The monoisotopic (exact) mass is 315 g/mol. The van der Waals surface area contributed by atoms with Gasteiger partial charge in [0, 0.05) is 6.04 Å². The molecule has 0 saturated heterocycles. The van der Waals surface area contributed by atoms with Crippen molar-refractivity contribution < 1.29 is 4.79 Å². The van der Waals surface area contributed by atoms with Gasteiger partial charge in [0.15, 0.2) is 0 Å². The fourth-order valence-electron chi connectivity index (χ4n) is 2.65. The number of nitrogens with zero attached hydrogens (tertiary/aromatic N) is 1. The van der Waals surface area contributed by atoms with Gasteiger partial charge in [0.05, 0.1) is 22.6 Å². The van der Waals surface area contributed by atoms with Gasteiger partial charge in [0.25, 0.3) is 5.91 Å². The van der Waals surface area contributed by atoms with Gasteiger partial charge in [0.1, 0.15) is 5.69 Å². The summed E-state index contributed by atoms with van der Waals surface area (Å²) in [5.41, 5.74) is 2.05. The molecule has 1 aromatic carbocycles. The molecule has 1 saturated carbocycles. The van der Waals surface area contributed by atoms with Gasteiger partial charge in [-0.3, -0.25) is 4.79 Å². The molecule has 1 amide bonds. The van der Waals surface area contributed by atoms with Gasteiger partial charge in [-0.25, -0.2) is 4.98 Å². The van der Waals surface area contributed by atoms with Crippen molar-refractivity contribution >= 4 is 28.9 Å². The Kier molecular flexibility index (Phi) is 4.59. The summed E-state index contributed by atoms with van der Waals surface area (Å²) >= 11 is 6.10. The molecule has 0 unspecified atom stereocenters. The molecule has 1 aliphatic carbocycles. The highest BCUT2D eigenvalue weighted by Crippen LogP contribution is 2.24. The normalized spacial score (nSPS) is 14.8. The van der Waals surface area contributed by atoms with Crippen LogP contribution in [0.3, 0.4) is 0 Å². The van der Waals surface area contributed by atoms with E-state index in [0.29, 0.717) is 16.8 Å². The summed E-state index contributed by atoms with van der Waals surface area (Å²) in [6.07, 6.45) is 6.17. The van der Waals surface area contributed by atoms with Gasteiger partial charge >= 0.3 is 0 Å². The molecule has 22 heavy (non-hydrogen) atoms. The number of halogens is 1. The number of aromatic nitrogens is 1. The third kappa shape index (κ3) is 3.57. The van der Waals surface area contributed by atoms with Crippen LogP contribution in [0.5, 0.6) is 0 Å². The van der Waals surface area contributed by atoms with Crippen molar-refractivity contribution in [2.75, 3.05) is 5.32 Å². The Balaban J connectivity index is 1.64. The second-order valence-corrected chi connectivity index (χ2v) is 5.90. The van der Waals surface area contributed by atoms with Crippen molar-refractivity contribution in [2.45, 2.75) is 31.7 Å². The number of benzene rings is 1. The van der Waals surface area contributed by atoms with Crippen molar-refractivity contribution in [2.24, 2.45) is 0 Å². The quantitative estimate of drug-likeness (QED) is 0.891. The molecule has 0 atom stereocenters. The maximum atomic E-state index is 12.1. The maximum absolute atomic E-state index is 12.1. The van der Waals surface area contributed by atoms with E-state index in [1.54, 1.807) is 12.3 Å². The van der Waals surface area contributed by atoms with E-state index in [1.165, 1.54) is 12.8 Å². The summed E-state index contributed by atoms with van der Waals surface area (Å²) in [6, 6.07) is 11.4. The number of rotatable bonds is 4. The topological polar surface area (TPSA) is 54.0 Å². The fraction of sp³-hybridized carbons (Fsp3) is 0.294. The Morgan fingerprint density at radius 2 is 1.91 bits per heavy atom. The number of amides is 1. The van der Waals surface area contributed by atoms with Gasteiger partial charge in [-0.2, -0.15) is 0 Å². The fourth-order valence-corrected chi connectivity index (χ4v) is 2.83. The summed E-state index contributed by atoms with van der Waals surface area (Å²) < 4.78 is 0. The van der Waals surface area contributed by atoms with Crippen LogP contribution >= 0.6 is 11.6 Å². The van der Waals surface area contributed by atoms with Crippen LogP contribution in [0.4, 0.5) is 11.4 Å². The van der Waals surface area contributed by atoms with Crippen molar-refractivity contribution in [3.8, 4) is 0 Å². The van der Waals surface area contributed by atoms with E-state index in [2.05, 4.69) is 15.6 Å². The Bertz CT molecular complexity index is 651. The summed E-state index contributed by atoms with van der Waals surface area (Å²) in [5.74, 6) is -0.101. The number of nitrogens with one attached hydrogen (secondary N) is 2. The summed E-state index contributed by atoms with van der Waals surface area (Å²) in [6.45, 7) is 0. The van der Waals surface area contributed by atoms with E-state index in [0.717, 1.165) is 24.2 Å². The molecule has 2 N–H and O–H groups in total. The predicted molar refractivity (Wildman–Crippen MR) is 88.7 cm³/mol. The largest absolute Gasteiger partial charge is 0.353 e. The zero-order chi connectivity index (χ0) is 15.4. The minimum atomic E-state index is -0.101. The van der Waals surface area contributed by atoms with Crippen LogP contribution in [0.2, 0.25) is 5.02 Å². The lowest BCUT2D eigenvalue weighted by molar-refractivity contribution is 0.0933. The lowest BCUT2D eigenvalue weighted by Gasteiger charge is -2.12. The molecule has 3 rings (SSSR count). The number of para-hydroxylation sites is 1. The molecule has 1 aliphatic rings. The number of carbonyl (C=O) groups is 1.